The van der Waals surface area contributed by atoms with Crippen LogP contribution in [0.3, 0.4) is 0 Å². The van der Waals surface area contributed by atoms with Crippen LogP contribution >= 0.6 is 0 Å². The molecule has 2 N–H and O–H groups in total. The smallest absolute Gasteiger partial charge is 0.0552 e. The van der Waals surface area contributed by atoms with Crippen LogP contribution in [0.15, 0.2) is 48.5 Å². The van der Waals surface area contributed by atoms with E-state index in [2.05, 4.69) is 67.3 Å². The zero-order valence-corrected chi connectivity index (χ0v) is 13.5. The number of rotatable bonds is 5. The fourth-order valence-electron chi connectivity index (χ4n) is 2.57. The van der Waals surface area contributed by atoms with Crippen molar-refractivity contribution in [2.45, 2.75) is 26.3 Å². The molecule has 112 valence electrons. The van der Waals surface area contributed by atoms with Gasteiger partial charge in [0, 0.05) is 19.8 Å². The highest BCUT2D eigenvalue weighted by molar-refractivity contribution is 5.49. The van der Waals surface area contributed by atoms with Gasteiger partial charge in [-0.3, -0.25) is 0 Å². The maximum absolute atomic E-state index is 6.47. The van der Waals surface area contributed by atoms with Crippen LogP contribution in [0.2, 0.25) is 0 Å². The molecule has 0 aromatic heterocycles. The molecule has 1 atom stereocenters. The molecule has 0 amide bonds. The predicted molar refractivity (Wildman–Crippen MR) is 91.8 cm³/mol. The summed E-state index contributed by atoms with van der Waals surface area (Å²) in [5.74, 6) is 0.661. The molecule has 0 spiro atoms. The zero-order valence-electron chi connectivity index (χ0n) is 13.5. The minimum atomic E-state index is -0.0722. The van der Waals surface area contributed by atoms with Gasteiger partial charge in [0.1, 0.15) is 0 Å². The molecule has 0 aliphatic heterocycles. The molecule has 2 rings (SSSR count). The van der Waals surface area contributed by atoms with Gasteiger partial charge in [0.05, 0.1) is 6.04 Å². The van der Waals surface area contributed by atoms with E-state index >= 15 is 0 Å². The van der Waals surface area contributed by atoms with Gasteiger partial charge in [-0.05, 0) is 41.2 Å². The molecule has 0 fully saturated rings. The fourth-order valence-corrected chi connectivity index (χ4v) is 2.57. The van der Waals surface area contributed by atoms with Gasteiger partial charge in [0.25, 0.3) is 0 Å². The minimum absolute atomic E-state index is 0.0722. The molecule has 0 heterocycles. The van der Waals surface area contributed by atoms with Crippen molar-refractivity contribution >= 4 is 5.69 Å². The highest BCUT2D eigenvalue weighted by atomic mass is 15.1. The Balaban J connectivity index is 2.27. The van der Waals surface area contributed by atoms with Crippen molar-refractivity contribution in [3.8, 4) is 0 Å². The summed E-state index contributed by atoms with van der Waals surface area (Å²) in [5, 5.41) is 0. The number of anilines is 1. The van der Waals surface area contributed by atoms with Crippen LogP contribution in [-0.4, -0.2) is 14.1 Å². The molecule has 0 aliphatic rings. The van der Waals surface area contributed by atoms with E-state index in [1.54, 1.807) is 0 Å². The quantitative estimate of drug-likeness (QED) is 0.898. The van der Waals surface area contributed by atoms with Gasteiger partial charge in [-0.25, -0.2) is 0 Å². The molecule has 0 saturated heterocycles. The van der Waals surface area contributed by atoms with Gasteiger partial charge in [-0.1, -0.05) is 50.2 Å². The third-order valence-corrected chi connectivity index (χ3v) is 3.70. The summed E-state index contributed by atoms with van der Waals surface area (Å²) in [7, 11) is 4.10. The van der Waals surface area contributed by atoms with E-state index < -0.39 is 0 Å². The monoisotopic (exact) mass is 282 g/mol. The summed E-state index contributed by atoms with van der Waals surface area (Å²) >= 11 is 0. The number of hydrogen-bond acceptors (Lipinski definition) is 2. The van der Waals surface area contributed by atoms with E-state index in [0.717, 1.165) is 12.0 Å². The van der Waals surface area contributed by atoms with Crippen molar-refractivity contribution in [3.05, 3.63) is 65.2 Å². The van der Waals surface area contributed by atoms with Crippen molar-refractivity contribution < 1.29 is 0 Å². The topological polar surface area (TPSA) is 29.3 Å². The second kappa shape index (κ2) is 6.77. The van der Waals surface area contributed by atoms with Gasteiger partial charge in [-0.15, -0.1) is 0 Å². The first-order valence-electron chi connectivity index (χ1n) is 7.59. The fraction of sp³-hybridized carbons (Fsp3) is 0.368. The molecule has 0 radical (unpaired) electrons. The summed E-state index contributed by atoms with van der Waals surface area (Å²) < 4.78 is 0. The van der Waals surface area contributed by atoms with Crippen LogP contribution in [0.25, 0.3) is 0 Å². The first-order valence-corrected chi connectivity index (χ1v) is 7.59. The molecule has 0 bridgehead atoms. The Kier molecular flexibility index (Phi) is 5.03. The van der Waals surface area contributed by atoms with E-state index in [9.17, 15) is 0 Å². The lowest BCUT2D eigenvalue weighted by molar-refractivity contribution is 0.646. The van der Waals surface area contributed by atoms with Crippen LogP contribution in [0.4, 0.5) is 5.69 Å². The van der Waals surface area contributed by atoms with E-state index in [4.69, 9.17) is 5.73 Å². The highest BCUT2D eigenvalue weighted by Crippen LogP contribution is 2.24. The zero-order chi connectivity index (χ0) is 15.4. The third-order valence-electron chi connectivity index (χ3n) is 3.70. The summed E-state index contributed by atoms with van der Waals surface area (Å²) in [6, 6.07) is 17.0. The van der Waals surface area contributed by atoms with Crippen molar-refractivity contribution in [2.24, 2.45) is 11.7 Å². The molecule has 21 heavy (non-hydrogen) atoms. The number of nitrogens with two attached hydrogens (primary N) is 1. The van der Waals surface area contributed by atoms with Gasteiger partial charge in [0.2, 0.25) is 0 Å². The Morgan fingerprint density at radius 1 is 0.952 bits per heavy atom. The summed E-state index contributed by atoms with van der Waals surface area (Å²) in [6.07, 6.45) is 1.10. The molecular formula is C19H26N2. The first kappa shape index (κ1) is 15.6. The lowest BCUT2D eigenvalue weighted by Gasteiger charge is -2.18. The van der Waals surface area contributed by atoms with Crippen molar-refractivity contribution in [3.63, 3.8) is 0 Å². The Labute approximate surface area is 128 Å². The van der Waals surface area contributed by atoms with Crippen LogP contribution in [0, 0.1) is 5.92 Å². The Morgan fingerprint density at radius 3 is 2.19 bits per heavy atom. The van der Waals surface area contributed by atoms with Crippen LogP contribution < -0.4 is 10.6 Å². The lowest BCUT2D eigenvalue weighted by atomic mass is 9.95. The molecule has 0 aliphatic carbocycles. The maximum atomic E-state index is 6.47. The number of hydrogen-bond donors (Lipinski definition) is 1. The lowest BCUT2D eigenvalue weighted by Crippen LogP contribution is -2.14. The van der Waals surface area contributed by atoms with E-state index in [1.807, 2.05) is 14.1 Å². The van der Waals surface area contributed by atoms with E-state index in [1.165, 1.54) is 16.8 Å². The standard InChI is InChI=1S/C19H26N2/c1-14(2)11-15-7-5-8-16(12-15)19(20)17-9-6-10-18(13-17)21(3)4/h5-10,12-14,19H,11,20H2,1-4H3. The molecule has 2 aromatic rings. The largest absolute Gasteiger partial charge is 0.378 e. The van der Waals surface area contributed by atoms with Crippen LogP contribution in [0.5, 0.6) is 0 Å². The SMILES string of the molecule is CC(C)Cc1cccc(C(N)c2cccc(N(C)C)c2)c1. The summed E-state index contributed by atoms with van der Waals surface area (Å²) in [6.45, 7) is 4.49. The third kappa shape index (κ3) is 4.08. The average Bonchev–Trinajstić information content (AvgIpc) is 2.46. The molecule has 0 saturated carbocycles. The van der Waals surface area contributed by atoms with Crippen LogP contribution in [-0.2, 0) is 6.42 Å². The molecular weight excluding hydrogens is 256 g/mol. The molecule has 2 aromatic carbocycles. The number of nitrogens with zero attached hydrogens (tertiary/aromatic N) is 1. The average molecular weight is 282 g/mol. The molecule has 2 heteroatoms. The van der Waals surface area contributed by atoms with E-state index in [0.29, 0.717) is 5.92 Å². The maximum Gasteiger partial charge on any atom is 0.0552 e. The van der Waals surface area contributed by atoms with Crippen molar-refractivity contribution in [1.82, 2.24) is 0 Å². The summed E-state index contributed by atoms with van der Waals surface area (Å²) in [5.41, 5.74) is 11.4. The second-order valence-corrected chi connectivity index (χ2v) is 6.31. The molecule has 1 unspecified atom stereocenters. The second-order valence-electron chi connectivity index (χ2n) is 6.31. The van der Waals surface area contributed by atoms with Gasteiger partial charge in [0.15, 0.2) is 0 Å². The molecule has 2 nitrogen and oxygen atoms in total. The summed E-state index contributed by atoms with van der Waals surface area (Å²) in [4.78, 5) is 2.10. The normalized spacial score (nSPS) is 12.5. The highest BCUT2D eigenvalue weighted by Gasteiger charge is 2.11. The predicted octanol–water partition coefficient (Wildman–Crippen LogP) is 4.00. The Morgan fingerprint density at radius 2 is 1.57 bits per heavy atom. The van der Waals surface area contributed by atoms with Gasteiger partial charge >= 0.3 is 0 Å². The van der Waals surface area contributed by atoms with Crippen LogP contribution in [0.1, 0.15) is 36.6 Å². The first-order chi connectivity index (χ1) is 9.97. The van der Waals surface area contributed by atoms with Gasteiger partial charge < -0.3 is 10.6 Å². The van der Waals surface area contributed by atoms with Crippen molar-refractivity contribution in [1.29, 1.82) is 0 Å². The van der Waals surface area contributed by atoms with Gasteiger partial charge in [-0.2, -0.15) is 0 Å². The van der Waals surface area contributed by atoms with E-state index in [-0.39, 0.29) is 6.04 Å². The Hall–Kier alpha value is -1.80. The Bertz CT molecular complexity index is 588. The number of benzene rings is 2. The minimum Gasteiger partial charge on any atom is -0.378 e. The van der Waals surface area contributed by atoms with Crippen molar-refractivity contribution in [2.75, 3.05) is 19.0 Å².